The number of nitrogens with one attached hydrogen (secondary N) is 2. The van der Waals surface area contributed by atoms with Gasteiger partial charge in [0.2, 0.25) is 11.8 Å². The molecule has 3 rings (SSSR count). The summed E-state index contributed by atoms with van der Waals surface area (Å²) in [5.41, 5.74) is 6.05. The lowest BCUT2D eigenvalue weighted by Crippen LogP contribution is -2.25. The highest BCUT2D eigenvalue weighted by Crippen LogP contribution is 2.22. The van der Waals surface area contributed by atoms with Gasteiger partial charge in [0.15, 0.2) is 0 Å². The van der Waals surface area contributed by atoms with Gasteiger partial charge in [0.1, 0.15) is 18.8 Å². The summed E-state index contributed by atoms with van der Waals surface area (Å²) in [6.45, 7) is 2.27. The van der Waals surface area contributed by atoms with Gasteiger partial charge in [0.25, 0.3) is 0 Å². The van der Waals surface area contributed by atoms with E-state index in [9.17, 15) is 9.59 Å². The number of halogens is 1. The zero-order valence-electron chi connectivity index (χ0n) is 18.5. The van der Waals surface area contributed by atoms with Crippen molar-refractivity contribution in [2.24, 2.45) is 5.10 Å². The van der Waals surface area contributed by atoms with Crippen molar-refractivity contribution in [2.75, 3.05) is 5.32 Å². The number of para-hydroxylation sites is 1. The first-order valence-electron chi connectivity index (χ1n) is 10.6. The van der Waals surface area contributed by atoms with Crippen LogP contribution in [0.25, 0.3) is 0 Å². The molecule has 0 heterocycles. The second-order valence-electron chi connectivity index (χ2n) is 7.31. The van der Waals surface area contributed by atoms with Gasteiger partial charge in [-0.05, 0) is 53.9 Å². The SMILES string of the molecule is CCc1ccccc1NC(=O)CC(=O)NN=Cc1cc(Cl)ccc1OCc1ccc(C#N)cc1. The number of nitriles is 1. The molecule has 3 aromatic rings. The molecule has 0 aliphatic rings. The minimum Gasteiger partial charge on any atom is -0.488 e. The van der Waals surface area contributed by atoms with E-state index in [0.717, 1.165) is 17.5 Å². The monoisotopic (exact) mass is 474 g/mol. The molecular formula is C26H23ClN4O3. The maximum Gasteiger partial charge on any atom is 0.249 e. The van der Waals surface area contributed by atoms with Crippen LogP contribution in [0.2, 0.25) is 5.02 Å². The fraction of sp³-hybridized carbons (Fsp3) is 0.154. The highest BCUT2D eigenvalue weighted by Gasteiger charge is 2.11. The Morgan fingerprint density at radius 3 is 2.59 bits per heavy atom. The quantitative estimate of drug-likeness (QED) is 0.263. The Kier molecular flexibility index (Phi) is 8.78. The first-order valence-corrected chi connectivity index (χ1v) is 11.0. The number of amides is 2. The number of hydrogen-bond donors (Lipinski definition) is 2. The summed E-state index contributed by atoms with van der Waals surface area (Å²) in [5.74, 6) is -0.465. The lowest BCUT2D eigenvalue weighted by atomic mass is 10.1. The van der Waals surface area contributed by atoms with Crippen molar-refractivity contribution in [3.05, 3.63) is 94.0 Å². The average Bonchev–Trinajstić information content (AvgIpc) is 2.84. The van der Waals surface area contributed by atoms with Gasteiger partial charge in [-0.3, -0.25) is 9.59 Å². The Labute approximate surface area is 203 Å². The lowest BCUT2D eigenvalue weighted by molar-refractivity contribution is -0.126. The average molecular weight is 475 g/mol. The lowest BCUT2D eigenvalue weighted by Gasteiger charge is -2.10. The number of carbonyl (C=O) groups is 2. The molecule has 0 aromatic heterocycles. The maximum atomic E-state index is 12.2. The van der Waals surface area contributed by atoms with Gasteiger partial charge in [-0.15, -0.1) is 0 Å². The number of nitrogens with zero attached hydrogens (tertiary/aromatic N) is 2. The minimum absolute atomic E-state index is 0.278. The second-order valence-corrected chi connectivity index (χ2v) is 7.74. The van der Waals surface area contributed by atoms with Crippen molar-refractivity contribution >= 4 is 35.3 Å². The van der Waals surface area contributed by atoms with E-state index < -0.39 is 11.8 Å². The first-order chi connectivity index (χ1) is 16.5. The van der Waals surface area contributed by atoms with Crippen LogP contribution in [0.15, 0.2) is 71.8 Å². The third-order valence-electron chi connectivity index (χ3n) is 4.84. The zero-order chi connectivity index (χ0) is 24.3. The molecular weight excluding hydrogens is 452 g/mol. The highest BCUT2D eigenvalue weighted by atomic mass is 35.5. The highest BCUT2D eigenvalue weighted by molar-refractivity contribution is 6.30. The molecule has 2 amide bonds. The fourth-order valence-corrected chi connectivity index (χ4v) is 3.27. The van der Waals surface area contributed by atoms with Gasteiger partial charge in [-0.2, -0.15) is 10.4 Å². The van der Waals surface area contributed by atoms with E-state index in [1.54, 1.807) is 36.4 Å². The Hall–Kier alpha value is -4.15. The summed E-state index contributed by atoms with van der Waals surface area (Å²) >= 11 is 6.09. The molecule has 0 unspecified atom stereocenters. The fourth-order valence-electron chi connectivity index (χ4n) is 3.09. The van der Waals surface area contributed by atoms with Crippen LogP contribution in [-0.4, -0.2) is 18.0 Å². The van der Waals surface area contributed by atoms with Crippen molar-refractivity contribution in [1.29, 1.82) is 5.26 Å². The van der Waals surface area contributed by atoms with Crippen LogP contribution in [0.3, 0.4) is 0 Å². The molecule has 2 N–H and O–H groups in total. The third kappa shape index (κ3) is 7.19. The number of aryl methyl sites for hydroxylation is 1. The van der Waals surface area contributed by atoms with E-state index in [1.165, 1.54) is 6.21 Å². The number of benzene rings is 3. The number of hydrazone groups is 1. The zero-order valence-corrected chi connectivity index (χ0v) is 19.3. The number of anilines is 1. The summed E-state index contributed by atoms with van der Waals surface area (Å²) in [5, 5.41) is 16.1. The Balaban J connectivity index is 1.56. The van der Waals surface area contributed by atoms with Gasteiger partial charge < -0.3 is 10.1 Å². The molecule has 34 heavy (non-hydrogen) atoms. The molecule has 0 radical (unpaired) electrons. The summed E-state index contributed by atoms with van der Waals surface area (Å²) in [4.78, 5) is 24.3. The molecule has 3 aromatic carbocycles. The predicted octanol–water partition coefficient (Wildman–Crippen LogP) is 4.83. The Morgan fingerprint density at radius 2 is 1.85 bits per heavy atom. The van der Waals surface area contributed by atoms with E-state index in [4.69, 9.17) is 21.6 Å². The number of ether oxygens (including phenoxy) is 1. The normalized spacial score (nSPS) is 10.5. The summed E-state index contributed by atoms with van der Waals surface area (Å²) in [6, 6.07) is 21.6. The van der Waals surface area contributed by atoms with Crippen LogP contribution < -0.4 is 15.5 Å². The van der Waals surface area contributed by atoms with Gasteiger partial charge in [-0.25, -0.2) is 5.43 Å². The van der Waals surface area contributed by atoms with E-state index >= 15 is 0 Å². The summed E-state index contributed by atoms with van der Waals surface area (Å²) in [6.07, 6.45) is 1.80. The van der Waals surface area contributed by atoms with Gasteiger partial charge in [0, 0.05) is 16.3 Å². The molecule has 0 spiro atoms. The molecule has 0 saturated heterocycles. The number of hydrogen-bond acceptors (Lipinski definition) is 5. The van der Waals surface area contributed by atoms with Crippen LogP contribution in [0, 0.1) is 11.3 Å². The molecule has 0 saturated carbocycles. The molecule has 8 heteroatoms. The third-order valence-corrected chi connectivity index (χ3v) is 5.07. The molecule has 7 nitrogen and oxygen atoms in total. The molecule has 0 fully saturated rings. The molecule has 172 valence electrons. The summed E-state index contributed by atoms with van der Waals surface area (Å²) < 4.78 is 5.85. The van der Waals surface area contributed by atoms with E-state index in [0.29, 0.717) is 27.6 Å². The number of carbonyl (C=O) groups excluding carboxylic acids is 2. The summed E-state index contributed by atoms with van der Waals surface area (Å²) in [7, 11) is 0. The Bertz CT molecular complexity index is 1230. The van der Waals surface area contributed by atoms with E-state index in [2.05, 4.69) is 21.9 Å². The van der Waals surface area contributed by atoms with Crippen molar-refractivity contribution < 1.29 is 14.3 Å². The van der Waals surface area contributed by atoms with Crippen LogP contribution in [-0.2, 0) is 22.6 Å². The van der Waals surface area contributed by atoms with Crippen LogP contribution in [0.5, 0.6) is 5.75 Å². The van der Waals surface area contributed by atoms with Crippen molar-refractivity contribution in [3.63, 3.8) is 0 Å². The van der Waals surface area contributed by atoms with Gasteiger partial charge >= 0.3 is 0 Å². The van der Waals surface area contributed by atoms with Crippen LogP contribution in [0.4, 0.5) is 5.69 Å². The van der Waals surface area contributed by atoms with Crippen molar-refractivity contribution in [2.45, 2.75) is 26.4 Å². The maximum absolute atomic E-state index is 12.2. The largest absolute Gasteiger partial charge is 0.488 e. The molecule has 0 aliphatic carbocycles. The smallest absolute Gasteiger partial charge is 0.249 e. The second kappa shape index (κ2) is 12.2. The Morgan fingerprint density at radius 1 is 1.09 bits per heavy atom. The van der Waals surface area contributed by atoms with Gasteiger partial charge in [-0.1, -0.05) is 48.9 Å². The topological polar surface area (TPSA) is 104 Å². The minimum atomic E-state index is -0.551. The van der Waals surface area contributed by atoms with Crippen molar-refractivity contribution in [3.8, 4) is 11.8 Å². The van der Waals surface area contributed by atoms with Gasteiger partial charge in [0.05, 0.1) is 17.8 Å². The number of rotatable bonds is 9. The first kappa shape index (κ1) is 24.5. The predicted molar refractivity (Wildman–Crippen MR) is 132 cm³/mol. The van der Waals surface area contributed by atoms with Crippen LogP contribution >= 0.6 is 11.6 Å². The van der Waals surface area contributed by atoms with E-state index in [-0.39, 0.29) is 13.0 Å². The van der Waals surface area contributed by atoms with E-state index in [1.807, 2.05) is 37.3 Å². The molecule has 0 aliphatic heterocycles. The van der Waals surface area contributed by atoms with Crippen LogP contribution in [0.1, 0.15) is 35.6 Å². The molecule has 0 bridgehead atoms. The molecule has 0 atom stereocenters. The standard InChI is InChI=1S/C26H23ClN4O3/c1-2-20-5-3-4-6-23(20)30-25(32)14-26(33)31-29-16-21-13-22(27)11-12-24(21)34-17-19-9-7-18(15-28)8-10-19/h3-13,16H,2,14,17H2,1H3,(H,30,32)(H,31,33). The van der Waals surface area contributed by atoms with Crippen molar-refractivity contribution in [1.82, 2.24) is 5.43 Å².